The standard InChI is InChI=1S/C31H19N5/c32-19-22-8-12-24(13-9-22)35(25-14-10-23(20-33)11-15-25)26-4-3-5-27(18-26)36-30-7-2-1-6-28(30)29-21-34-17-16-31(29)36/h1-18,21H. The number of hydrogen-bond donors (Lipinski definition) is 0. The second-order valence-electron chi connectivity index (χ2n) is 8.42. The molecule has 5 nitrogen and oxygen atoms in total. The summed E-state index contributed by atoms with van der Waals surface area (Å²) in [6.07, 6.45) is 3.74. The molecule has 0 aliphatic rings. The minimum atomic E-state index is 0.603. The normalized spacial score (nSPS) is 10.7. The van der Waals surface area contributed by atoms with E-state index in [-0.39, 0.29) is 0 Å². The molecule has 36 heavy (non-hydrogen) atoms. The van der Waals surface area contributed by atoms with Crippen molar-refractivity contribution in [3.8, 4) is 17.8 Å². The van der Waals surface area contributed by atoms with Gasteiger partial charge < -0.3 is 9.47 Å². The van der Waals surface area contributed by atoms with Crippen LogP contribution in [0.25, 0.3) is 27.5 Å². The first kappa shape index (κ1) is 21.2. The molecule has 0 fully saturated rings. The van der Waals surface area contributed by atoms with Gasteiger partial charge in [0.25, 0.3) is 0 Å². The molecule has 0 bridgehead atoms. The summed E-state index contributed by atoms with van der Waals surface area (Å²) in [6.45, 7) is 0. The Morgan fingerprint density at radius 3 is 1.92 bits per heavy atom. The van der Waals surface area contributed by atoms with Crippen molar-refractivity contribution in [2.24, 2.45) is 0 Å². The maximum atomic E-state index is 9.27. The maximum Gasteiger partial charge on any atom is 0.0991 e. The van der Waals surface area contributed by atoms with Crippen molar-refractivity contribution < 1.29 is 0 Å². The average Bonchev–Trinajstić information content (AvgIpc) is 3.29. The van der Waals surface area contributed by atoms with Gasteiger partial charge in [-0.15, -0.1) is 0 Å². The van der Waals surface area contributed by atoms with E-state index in [0.717, 1.165) is 44.6 Å². The van der Waals surface area contributed by atoms with Crippen LogP contribution in [0.3, 0.4) is 0 Å². The van der Waals surface area contributed by atoms with E-state index in [1.807, 2.05) is 79.1 Å². The predicted octanol–water partition coefficient (Wildman–Crippen LogP) is 7.39. The highest BCUT2D eigenvalue weighted by Gasteiger charge is 2.16. The van der Waals surface area contributed by atoms with Crippen LogP contribution >= 0.6 is 0 Å². The van der Waals surface area contributed by atoms with Crippen molar-refractivity contribution >= 4 is 38.9 Å². The lowest BCUT2D eigenvalue weighted by Crippen LogP contribution is -2.10. The Balaban J connectivity index is 1.56. The first-order valence-electron chi connectivity index (χ1n) is 11.5. The lowest BCUT2D eigenvalue weighted by molar-refractivity contribution is 1.16. The summed E-state index contributed by atoms with van der Waals surface area (Å²) >= 11 is 0. The van der Waals surface area contributed by atoms with Gasteiger partial charge in [0.1, 0.15) is 0 Å². The third-order valence-corrected chi connectivity index (χ3v) is 6.33. The van der Waals surface area contributed by atoms with Crippen molar-refractivity contribution in [3.05, 3.63) is 127 Å². The number of rotatable bonds is 4. The predicted molar refractivity (Wildman–Crippen MR) is 143 cm³/mol. The molecule has 4 aromatic carbocycles. The quantitative estimate of drug-likeness (QED) is 0.274. The lowest BCUT2D eigenvalue weighted by atomic mass is 10.1. The zero-order valence-electron chi connectivity index (χ0n) is 19.2. The maximum absolute atomic E-state index is 9.27. The number of fused-ring (bicyclic) bond motifs is 3. The molecule has 6 aromatic rings. The first-order valence-corrected chi connectivity index (χ1v) is 11.5. The van der Waals surface area contributed by atoms with Gasteiger partial charge in [-0.05, 0) is 78.9 Å². The molecular formula is C31H19N5. The zero-order valence-corrected chi connectivity index (χ0v) is 19.2. The van der Waals surface area contributed by atoms with Crippen LogP contribution in [0.4, 0.5) is 17.1 Å². The van der Waals surface area contributed by atoms with E-state index in [2.05, 4.69) is 63.0 Å². The fourth-order valence-electron chi connectivity index (χ4n) is 4.68. The molecule has 168 valence electrons. The van der Waals surface area contributed by atoms with Gasteiger partial charge in [-0.3, -0.25) is 4.98 Å². The molecule has 2 heterocycles. The van der Waals surface area contributed by atoms with Gasteiger partial charge in [-0.1, -0.05) is 24.3 Å². The summed E-state index contributed by atoms with van der Waals surface area (Å²) in [6, 6.07) is 38.2. The monoisotopic (exact) mass is 461 g/mol. The topological polar surface area (TPSA) is 68.6 Å². The second-order valence-corrected chi connectivity index (χ2v) is 8.42. The number of nitrogens with zero attached hydrogens (tertiary/aromatic N) is 5. The van der Waals surface area contributed by atoms with E-state index in [9.17, 15) is 10.5 Å². The Labute approximate surface area is 208 Å². The molecule has 6 rings (SSSR count). The Bertz CT molecular complexity index is 1690. The molecule has 0 unspecified atom stereocenters. The highest BCUT2D eigenvalue weighted by molar-refractivity contribution is 6.08. The number of para-hydroxylation sites is 1. The lowest BCUT2D eigenvalue weighted by Gasteiger charge is -2.26. The van der Waals surface area contributed by atoms with Crippen molar-refractivity contribution in [2.75, 3.05) is 4.90 Å². The minimum Gasteiger partial charge on any atom is -0.310 e. The number of hydrogen-bond acceptors (Lipinski definition) is 4. The number of benzene rings is 4. The first-order chi connectivity index (χ1) is 17.8. The number of aromatic nitrogens is 2. The van der Waals surface area contributed by atoms with Crippen molar-refractivity contribution in [3.63, 3.8) is 0 Å². The number of pyridine rings is 1. The Morgan fingerprint density at radius 1 is 0.611 bits per heavy atom. The molecular weight excluding hydrogens is 442 g/mol. The van der Waals surface area contributed by atoms with E-state index >= 15 is 0 Å². The van der Waals surface area contributed by atoms with Gasteiger partial charge >= 0.3 is 0 Å². The Hall–Kier alpha value is -5.39. The van der Waals surface area contributed by atoms with Crippen molar-refractivity contribution in [1.29, 1.82) is 10.5 Å². The molecule has 0 aliphatic heterocycles. The van der Waals surface area contributed by atoms with Crippen molar-refractivity contribution in [1.82, 2.24) is 9.55 Å². The van der Waals surface area contributed by atoms with E-state index in [4.69, 9.17) is 0 Å². The third kappa shape index (κ3) is 3.53. The van der Waals surface area contributed by atoms with Gasteiger partial charge in [-0.25, -0.2) is 0 Å². The molecule has 0 saturated carbocycles. The minimum absolute atomic E-state index is 0.603. The van der Waals surface area contributed by atoms with E-state index in [1.165, 1.54) is 0 Å². The smallest absolute Gasteiger partial charge is 0.0991 e. The van der Waals surface area contributed by atoms with Gasteiger partial charge in [0, 0.05) is 45.9 Å². The summed E-state index contributed by atoms with van der Waals surface area (Å²) in [5.74, 6) is 0. The van der Waals surface area contributed by atoms with Crippen molar-refractivity contribution in [2.45, 2.75) is 0 Å². The number of nitriles is 2. The van der Waals surface area contributed by atoms with Crippen LogP contribution in [0, 0.1) is 22.7 Å². The highest BCUT2D eigenvalue weighted by Crippen LogP contribution is 2.37. The van der Waals surface area contributed by atoms with E-state index in [0.29, 0.717) is 11.1 Å². The Kier molecular flexibility index (Phi) is 5.15. The molecule has 0 amide bonds. The molecule has 0 atom stereocenters. The molecule has 0 spiro atoms. The van der Waals surface area contributed by atoms with Crippen LogP contribution in [0.2, 0.25) is 0 Å². The second kappa shape index (κ2) is 8.76. The Morgan fingerprint density at radius 2 is 1.25 bits per heavy atom. The van der Waals surface area contributed by atoms with Gasteiger partial charge in [0.15, 0.2) is 0 Å². The summed E-state index contributed by atoms with van der Waals surface area (Å²) in [5, 5.41) is 20.8. The highest BCUT2D eigenvalue weighted by atomic mass is 15.1. The summed E-state index contributed by atoms with van der Waals surface area (Å²) in [5.41, 5.74) is 7.23. The fraction of sp³-hybridized carbons (Fsp3) is 0. The molecule has 0 N–H and O–H groups in total. The average molecular weight is 462 g/mol. The largest absolute Gasteiger partial charge is 0.310 e. The summed E-state index contributed by atoms with van der Waals surface area (Å²) < 4.78 is 2.26. The summed E-state index contributed by atoms with van der Waals surface area (Å²) in [4.78, 5) is 6.48. The molecule has 0 aliphatic carbocycles. The van der Waals surface area contributed by atoms with Gasteiger partial charge in [0.05, 0.1) is 34.3 Å². The van der Waals surface area contributed by atoms with Crippen LogP contribution in [0.5, 0.6) is 0 Å². The SMILES string of the molecule is N#Cc1ccc(N(c2ccc(C#N)cc2)c2cccc(-n3c4ccccc4c4cnccc43)c2)cc1. The summed E-state index contributed by atoms with van der Waals surface area (Å²) in [7, 11) is 0. The molecule has 0 radical (unpaired) electrons. The van der Waals surface area contributed by atoms with Gasteiger partial charge in [-0.2, -0.15) is 10.5 Å². The third-order valence-electron chi connectivity index (χ3n) is 6.33. The van der Waals surface area contributed by atoms with Crippen LogP contribution in [-0.2, 0) is 0 Å². The van der Waals surface area contributed by atoms with E-state index in [1.54, 1.807) is 0 Å². The fourth-order valence-corrected chi connectivity index (χ4v) is 4.68. The number of anilines is 3. The molecule has 0 saturated heterocycles. The van der Waals surface area contributed by atoms with Crippen LogP contribution in [0.15, 0.2) is 116 Å². The van der Waals surface area contributed by atoms with Crippen LogP contribution in [0.1, 0.15) is 11.1 Å². The van der Waals surface area contributed by atoms with Gasteiger partial charge in [0.2, 0.25) is 0 Å². The van der Waals surface area contributed by atoms with E-state index < -0.39 is 0 Å². The zero-order chi connectivity index (χ0) is 24.5. The van der Waals surface area contributed by atoms with Crippen LogP contribution in [-0.4, -0.2) is 9.55 Å². The molecule has 5 heteroatoms. The van der Waals surface area contributed by atoms with Crippen LogP contribution < -0.4 is 4.90 Å². The molecule has 2 aromatic heterocycles.